The molecule has 0 saturated carbocycles. The average Bonchev–Trinajstić information content (AvgIpc) is 2.20. The van der Waals surface area contributed by atoms with E-state index >= 15 is 0 Å². The van der Waals surface area contributed by atoms with E-state index < -0.39 is 12.5 Å². The normalized spacial score (nSPS) is 12.1. The Morgan fingerprint density at radius 1 is 1.38 bits per heavy atom. The van der Waals surface area contributed by atoms with E-state index in [4.69, 9.17) is 5.73 Å². The van der Waals surface area contributed by atoms with Gasteiger partial charge in [-0.1, -0.05) is 0 Å². The molecule has 0 aliphatic rings. The van der Waals surface area contributed by atoms with Crippen molar-refractivity contribution in [3.05, 3.63) is 29.3 Å². The van der Waals surface area contributed by atoms with E-state index in [1.165, 1.54) is 18.2 Å². The number of phenolic OH excluding ortho intramolecular Hbond substituents is 1. The third-order valence-corrected chi connectivity index (χ3v) is 2.24. The van der Waals surface area contributed by atoms with Crippen LogP contribution in [0.15, 0.2) is 18.2 Å². The van der Waals surface area contributed by atoms with Crippen molar-refractivity contribution in [1.29, 1.82) is 0 Å². The smallest absolute Gasteiger partial charge is 0.285 e. The van der Waals surface area contributed by atoms with Gasteiger partial charge in [0.1, 0.15) is 5.75 Å². The summed E-state index contributed by atoms with van der Waals surface area (Å²) in [5.74, 6) is -3.03. The van der Waals surface area contributed by atoms with Gasteiger partial charge in [0.25, 0.3) is 5.92 Å². The maximum atomic E-state index is 13.3. The lowest BCUT2D eigenvalue weighted by Crippen LogP contribution is -2.25. The maximum absolute atomic E-state index is 13.3. The average molecular weight is 230 g/mol. The van der Waals surface area contributed by atoms with Crippen molar-refractivity contribution >= 4 is 0 Å². The monoisotopic (exact) mass is 230 g/mol. The van der Waals surface area contributed by atoms with Crippen molar-refractivity contribution in [3.63, 3.8) is 0 Å². The molecule has 0 fully saturated rings. The van der Waals surface area contributed by atoms with Crippen molar-refractivity contribution in [3.8, 4) is 5.75 Å². The summed E-state index contributed by atoms with van der Waals surface area (Å²) in [6.45, 7) is -0.334. The van der Waals surface area contributed by atoms with Gasteiger partial charge in [-0.05, 0) is 32.3 Å². The molecule has 0 heterocycles. The van der Waals surface area contributed by atoms with Crippen LogP contribution < -0.4 is 5.73 Å². The number of alkyl halides is 2. The zero-order valence-corrected chi connectivity index (χ0v) is 9.37. The van der Waals surface area contributed by atoms with Crippen molar-refractivity contribution < 1.29 is 13.9 Å². The minimum atomic E-state index is -3.05. The number of hydrogen-bond acceptors (Lipinski definition) is 3. The van der Waals surface area contributed by atoms with Gasteiger partial charge in [0.2, 0.25) is 0 Å². The number of rotatable bonds is 4. The molecule has 1 aromatic carbocycles. The van der Waals surface area contributed by atoms with E-state index in [0.717, 1.165) is 0 Å². The lowest BCUT2D eigenvalue weighted by molar-refractivity contribution is 0.00580. The van der Waals surface area contributed by atoms with Crippen LogP contribution in [0, 0.1) is 0 Å². The first-order chi connectivity index (χ1) is 7.36. The molecule has 0 spiro atoms. The summed E-state index contributed by atoms with van der Waals surface area (Å²) in [5, 5.41) is 9.52. The largest absolute Gasteiger partial charge is 0.508 e. The number of aromatic hydroxyl groups is 1. The van der Waals surface area contributed by atoms with Crippen LogP contribution >= 0.6 is 0 Å². The highest BCUT2D eigenvalue weighted by Crippen LogP contribution is 2.30. The number of hydrogen-bond donors (Lipinski definition) is 2. The fraction of sp³-hybridized carbons (Fsp3) is 0.455. The highest BCUT2D eigenvalue weighted by molar-refractivity contribution is 5.37. The van der Waals surface area contributed by atoms with Crippen LogP contribution in [0.1, 0.15) is 11.1 Å². The number of phenols is 1. The first kappa shape index (κ1) is 12.9. The zero-order valence-electron chi connectivity index (χ0n) is 9.37. The summed E-state index contributed by atoms with van der Waals surface area (Å²) in [7, 11) is 3.60. The Balaban J connectivity index is 3.07. The summed E-state index contributed by atoms with van der Waals surface area (Å²) >= 11 is 0. The lowest BCUT2D eigenvalue weighted by atomic mass is 10.0. The van der Waals surface area contributed by atoms with Gasteiger partial charge in [-0.15, -0.1) is 0 Å². The summed E-state index contributed by atoms with van der Waals surface area (Å²) in [4.78, 5) is 1.79. The molecule has 0 aliphatic carbocycles. The fourth-order valence-electron chi connectivity index (χ4n) is 1.40. The zero-order chi connectivity index (χ0) is 12.3. The maximum Gasteiger partial charge on any atom is 0.285 e. The minimum Gasteiger partial charge on any atom is -0.508 e. The summed E-state index contributed by atoms with van der Waals surface area (Å²) in [5.41, 5.74) is 5.31. The molecule has 5 heteroatoms. The van der Waals surface area contributed by atoms with E-state index in [1.54, 1.807) is 19.0 Å². The van der Waals surface area contributed by atoms with Gasteiger partial charge in [0.05, 0.1) is 6.54 Å². The second kappa shape index (κ2) is 4.76. The summed E-state index contributed by atoms with van der Waals surface area (Å²) < 4.78 is 26.6. The van der Waals surface area contributed by atoms with Crippen molar-refractivity contribution in [1.82, 2.24) is 4.90 Å². The lowest BCUT2D eigenvalue weighted by Gasteiger charge is -2.17. The summed E-state index contributed by atoms with van der Waals surface area (Å²) in [6, 6.07) is 3.77. The minimum absolute atomic E-state index is 0.0188. The fourth-order valence-corrected chi connectivity index (χ4v) is 1.40. The molecule has 0 saturated heterocycles. The highest BCUT2D eigenvalue weighted by Gasteiger charge is 2.30. The number of nitrogens with zero attached hydrogens (tertiary/aromatic N) is 1. The molecule has 16 heavy (non-hydrogen) atoms. The third-order valence-electron chi connectivity index (χ3n) is 2.24. The predicted molar refractivity (Wildman–Crippen MR) is 58.4 cm³/mol. The molecule has 1 rings (SSSR count). The van der Waals surface area contributed by atoms with Gasteiger partial charge in [0, 0.05) is 17.7 Å². The van der Waals surface area contributed by atoms with E-state index in [2.05, 4.69) is 0 Å². The molecular weight excluding hydrogens is 214 g/mol. The molecule has 0 aliphatic heterocycles. The SMILES string of the molecule is CN(C)Cc1cc(C(F)(F)CN)ccc1O. The van der Waals surface area contributed by atoms with Crippen LogP contribution in [0.25, 0.3) is 0 Å². The van der Waals surface area contributed by atoms with Gasteiger partial charge in [-0.2, -0.15) is 8.78 Å². The molecule has 90 valence electrons. The first-order valence-electron chi connectivity index (χ1n) is 4.92. The topological polar surface area (TPSA) is 49.5 Å². The van der Waals surface area contributed by atoms with Gasteiger partial charge < -0.3 is 15.7 Å². The van der Waals surface area contributed by atoms with Crippen LogP contribution in [-0.2, 0) is 12.5 Å². The predicted octanol–water partition coefficient (Wildman–Crippen LogP) is 1.50. The second-order valence-electron chi connectivity index (χ2n) is 3.99. The Labute approximate surface area is 93.5 Å². The molecule has 1 aromatic rings. The summed E-state index contributed by atoms with van der Waals surface area (Å²) in [6.07, 6.45) is 0. The quantitative estimate of drug-likeness (QED) is 0.824. The van der Waals surface area contributed by atoms with Crippen LogP contribution in [0.3, 0.4) is 0 Å². The molecule has 3 nitrogen and oxygen atoms in total. The standard InChI is InChI=1S/C11H16F2N2O/c1-15(2)6-8-5-9(3-4-10(8)16)11(12,13)7-14/h3-5,16H,6-7,14H2,1-2H3. The van der Waals surface area contributed by atoms with E-state index in [0.29, 0.717) is 12.1 Å². The van der Waals surface area contributed by atoms with Gasteiger partial charge in [-0.3, -0.25) is 0 Å². The Bertz CT molecular complexity index is 367. The van der Waals surface area contributed by atoms with E-state index in [-0.39, 0.29) is 11.3 Å². The van der Waals surface area contributed by atoms with Crippen molar-refractivity contribution in [2.45, 2.75) is 12.5 Å². The molecule has 0 aromatic heterocycles. The molecular formula is C11H16F2N2O. The van der Waals surface area contributed by atoms with Crippen LogP contribution in [-0.4, -0.2) is 30.6 Å². The molecule has 0 amide bonds. The first-order valence-corrected chi connectivity index (χ1v) is 4.92. The molecule has 0 bridgehead atoms. The Morgan fingerprint density at radius 2 is 2.00 bits per heavy atom. The van der Waals surface area contributed by atoms with E-state index in [9.17, 15) is 13.9 Å². The Morgan fingerprint density at radius 3 is 2.50 bits per heavy atom. The van der Waals surface area contributed by atoms with Crippen LogP contribution in [0.4, 0.5) is 8.78 Å². The molecule has 3 N–H and O–H groups in total. The van der Waals surface area contributed by atoms with E-state index in [1.807, 2.05) is 0 Å². The molecule has 0 atom stereocenters. The van der Waals surface area contributed by atoms with Gasteiger partial charge >= 0.3 is 0 Å². The van der Waals surface area contributed by atoms with Gasteiger partial charge in [-0.25, -0.2) is 0 Å². The van der Waals surface area contributed by atoms with Crippen LogP contribution in [0.5, 0.6) is 5.75 Å². The Kier molecular flexibility index (Phi) is 3.83. The number of nitrogens with two attached hydrogens (primary N) is 1. The van der Waals surface area contributed by atoms with Gasteiger partial charge in [0.15, 0.2) is 0 Å². The molecule has 0 radical (unpaired) electrons. The number of benzene rings is 1. The second-order valence-corrected chi connectivity index (χ2v) is 3.99. The van der Waals surface area contributed by atoms with Crippen LogP contribution in [0.2, 0.25) is 0 Å². The van der Waals surface area contributed by atoms with Crippen molar-refractivity contribution in [2.24, 2.45) is 5.73 Å². The Hall–Kier alpha value is -1.20. The van der Waals surface area contributed by atoms with Crippen molar-refractivity contribution in [2.75, 3.05) is 20.6 Å². The molecule has 0 unspecified atom stereocenters. The highest BCUT2D eigenvalue weighted by atomic mass is 19.3. The third kappa shape index (κ3) is 2.90. The number of halogens is 2.